The molecule has 4 aromatic rings. The summed E-state index contributed by atoms with van der Waals surface area (Å²) in [6.45, 7) is -0.683. The molecular formula is C35H28F3N3O6S. The highest BCUT2D eigenvalue weighted by atomic mass is 32.1. The lowest BCUT2D eigenvalue weighted by atomic mass is 9.75. The number of hydrogen-bond donors (Lipinski definition) is 0. The van der Waals surface area contributed by atoms with E-state index in [2.05, 4.69) is 4.74 Å². The van der Waals surface area contributed by atoms with Gasteiger partial charge in [0, 0.05) is 40.7 Å². The minimum absolute atomic E-state index is 0.0383. The Hall–Kier alpha value is -4.78. The van der Waals surface area contributed by atoms with E-state index in [0.29, 0.717) is 16.7 Å². The first kappa shape index (κ1) is 29.4. The number of carbonyl (C=O) groups is 2. The van der Waals surface area contributed by atoms with Crippen LogP contribution in [0, 0.1) is 11.7 Å². The molecule has 9 nitrogen and oxygen atoms in total. The molecular weight excluding hydrogens is 647 g/mol. The summed E-state index contributed by atoms with van der Waals surface area (Å²) < 4.78 is 64.3. The highest BCUT2D eigenvalue weighted by molar-refractivity contribution is 7.14. The van der Waals surface area contributed by atoms with Crippen molar-refractivity contribution in [3.8, 4) is 27.3 Å². The number of alkyl halides is 2. The lowest BCUT2D eigenvalue weighted by Gasteiger charge is -2.60. The molecule has 48 heavy (non-hydrogen) atoms. The van der Waals surface area contributed by atoms with Gasteiger partial charge in [0.25, 0.3) is 11.8 Å². The third kappa shape index (κ3) is 3.93. The summed E-state index contributed by atoms with van der Waals surface area (Å²) in [4.78, 5) is 42.1. The number of hydrogen-bond acceptors (Lipinski definition) is 8. The average Bonchev–Trinajstić information content (AvgIpc) is 3.45. The van der Waals surface area contributed by atoms with Gasteiger partial charge in [0.05, 0.1) is 18.7 Å². The Morgan fingerprint density at radius 2 is 1.81 bits per heavy atom. The highest BCUT2D eigenvalue weighted by Crippen LogP contribution is 2.59. The van der Waals surface area contributed by atoms with Crippen molar-refractivity contribution in [1.82, 2.24) is 9.58 Å². The standard InChI is InChI=1S/C35H28F3N3O6S/c1-45-34(44)47-16-46-30-24(42)12-13-39-29(30)33(43)40-19-8-6-17(7-9-19)32(40)41(39)28-20-4-2-3-5-21(20)31-25-18(15-48-31)14-35(37,38)27-23(36)11-10-22(28)26(25)27/h2-5,10-13,15,17,19,28,32H,6-9,14,16H2,1H3/t17?,19?,28-,32?/m1/s1. The minimum Gasteiger partial charge on any atom is -0.451 e. The summed E-state index contributed by atoms with van der Waals surface area (Å²) in [6.07, 6.45) is 2.63. The molecule has 3 aliphatic heterocycles. The van der Waals surface area contributed by atoms with E-state index >= 15 is 13.2 Å². The zero-order valence-corrected chi connectivity index (χ0v) is 26.4. The van der Waals surface area contributed by atoms with Gasteiger partial charge in [-0.15, -0.1) is 11.3 Å². The van der Waals surface area contributed by atoms with E-state index in [1.165, 1.54) is 23.6 Å². The van der Waals surface area contributed by atoms with E-state index < -0.39 is 60.2 Å². The predicted octanol–water partition coefficient (Wildman–Crippen LogP) is 6.55. The third-order valence-electron chi connectivity index (χ3n) is 10.5. The molecule has 13 heteroatoms. The van der Waals surface area contributed by atoms with E-state index in [0.717, 1.165) is 54.9 Å². The van der Waals surface area contributed by atoms with Crippen LogP contribution in [0.1, 0.15) is 64.5 Å². The second kappa shape index (κ2) is 10.4. The number of methoxy groups -OCH3 is 1. The summed E-state index contributed by atoms with van der Waals surface area (Å²) in [7, 11) is 1.13. The smallest absolute Gasteiger partial charge is 0.451 e. The van der Waals surface area contributed by atoms with Gasteiger partial charge in [0.2, 0.25) is 18.0 Å². The molecule has 3 aliphatic carbocycles. The molecule has 2 atom stereocenters. The van der Waals surface area contributed by atoms with Crippen LogP contribution >= 0.6 is 11.3 Å². The van der Waals surface area contributed by atoms with Gasteiger partial charge in [0.1, 0.15) is 12.0 Å². The van der Waals surface area contributed by atoms with Crippen molar-refractivity contribution >= 4 is 23.4 Å². The van der Waals surface area contributed by atoms with Gasteiger partial charge in [-0.2, -0.15) is 0 Å². The molecule has 1 saturated carbocycles. The zero-order chi connectivity index (χ0) is 33.1. The molecule has 5 heterocycles. The fraction of sp³-hybridized carbons (Fsp3) is 0.343. The molecule has 0 radical (unpaired) electrons. The van der Waals surface area contributed by atoms with E-state index in [4.69, 9.17) is 9.47 Å². The summed E-state index contributed by atoms with van der Waals surface area (Å²) in [5.74, 6) is -5.10. The van der Waals surface area contributed by atoms with Crippen LogP contribution in [0.5, 0.6) is 5.75 Å². The Balaban J connectivity index is 1.34. The largest absolute Gasteiger partial charge is 0.510 e. The Morgan fingerprint density at radius 1 is 1.02 bits per heavy atom. The number of carbonyl (C=O) groups excluding carboxylic acids is 2. The number of piperidine rings is 2. The monoisotopic (exact) mass is 675 g/mol. The minimum atomic E-state index is -3.45. The molecule has 0 N–H and O–H groups in total. The van der Waals surface area contributed by atoms with Crippen molar-refractivity contribution < 1.29 is 37.0 Å². The van der Waals surface area contributed by atoms with E-state index in [9.17, 15) is 14.4 Å². The lowest BCUT2D eigenvalue weighted by Crippen LogP contribution is -2.70. The SMILES string of the molecule is COC(=O)OCOc1c2n(ccc1=O)N([C@@H]1c3ccccc3-c3scc4c3-c3c1ccc(F)c3C(F)(F)C4)C1C3CCC(CC3)N1C2=O. The Kier molecular flexibility index (Phi) is 6.34. The summed E-state index contributed by atoms with van der Waals surface area (Å²) in [5.41, 5.74) is 2.07. The first-order valence-electron chi connectivity index (χ1n) is 15.8. The number of ether oxygens (including phenoxy) is 3. The normalized spacial score (nSPS) is 23.8. The molecule has 1 unspecified atom stereocenters. The van der Waals surface area contributed by atoms with Crippen molar-refractivity contribution in [2.45, 2.75) is 56.3 Å². The van der Waals surface area contributed by atoms with Crippen LogP contribution in [0.25, 0.3) is 21.6 Å². The lowest BCUT2D eigenvalue weighted by molar-refractivity contribution is -0.0259. The maximum absolute atomic E-state index is 16.0. The Labute approximate surface area is 276 Å². The number of aromatic nitrogens is 1. The van der Waals surface area contributed by atoms with Gasteiger partial charge in [0.15, 0.2) is 5.69 Å². The zero-order valence-electron chi connectivity index (χ0n) is 25.6. The summed E-state index contributed by atoms with van der Waals surface area (Å²) in [5, 5.41) is 3.74. The van der Waals surface area contributed by atoms with Crippen molar-refractivity contribution in [1.29, 1.82) is 0 Å². The van der Waals surface area contributed by atoms with E-state index in [-0.39, 0.29) is 29.0 Å². The van der Waals surface area contributed by atoms with Gasteiger partial charge in [-0.3, -0.25) is 19.3 Å². The van der Waals surface area contributed by atoms with E-state index in [1.54, 1.807) is 21.0 Å². The molecule has 3 fully saturated rings. The van der Waals surface area contributed by atoms with Crippen molar-refractivity contribution in [2.24, 2.45) is 5.92 Å². The number of pyridine rings is 1. The van der Waals surface area contributed by atoms with Crippen LogP contribution in [0.2, 0.25) is 0 Å². The maximum Gasteiger partial charge on any atom is 0.510 e. The van der Waals surface area contributed by atoms with Crippen molar-refractivity contribution in [2.75, 3.05) is 18.9 Å². The molecule has 10 rings (SSSR count). The topological polar surface area (TPSA) is 90.3 Å². The number of halogens is 3. The van der Waals surface area contributed by atoms with Crippen LogP contribution in [0.3, 0.4) is 0 Å². The number of amides is 1. The van der Waals surface area contributed by atoms with Crippen molar-refractivity contribution in [3.63, 3.8) is 0 Å². The quantitative estimate of drug-likeness (QED) is 0.179. The molecule has 2 aromatic carbocycles. The first-order valence-corrected chi connectivity index (χ1v) is 16.7. The average molecular weight is 676 g/mol. The number of nitrogens with zero attached hydrogens (tertiary/aromatic N) is 3. The van der Waals surface area contributed by atoms with Crippen LogP contribution in [0.4, 0.5) is 18.0 Å². The number of rotatable bonds is 4. The second-order valence-electron chi connectivity index (χ2n) is 12.9. The number of fused-ring (bicyclic) bond motifs is 5. The van der Waals surface area contributed by atoms with Crippen LogP contribution < -0.4 is 15.2 Å². The fourth-order valence-corrected chi connectivity index (χ4v) is 9.80. The maximum atomic E-state index is 16.0. The molecule has 0 spiro atoms. The van der Waals surface area contributed by atoms with Crippen LogP contribution in [0.15, 0.2) is 58.8 Å². The molecule has 6 aliphatic rings. The van der Waals surface area contributed by atoms with Gasteiger partial charge >= 0.3 is 6.16 Å². The van der Waals surface area contributed by atoms with E-state index in [1.807, 2.05) is 29.3 Å². The van der Waals surface area contributed by atoms with Crippen LogP contribution in [-0.2, 0) is 21.8 Å². The molecule has 1 amide bonds. The predicted molar refractivity (Wildman–Crippen MR) is 168 cm³/mol. The summed E-state index contributed by atoms with van der Waals surface area (Å²) >= 11 is 1.36. The number of benzene rings is 2. The molecule has 2 bridgehead atoms. The summed E-state index contributed by atoms with van der Waals surface area (Å²) in [6, 6.07) is 10.7. The second-order valence-corrected chi connectivity index (χ2v) is 13.7. The van der Waals surface area contributed by atoms with Crippen molar-refractivity contribution in [3.05, 3.63) is 98.0 Å². The molecule has 246 valence electrons. The Morgan fingerprint density at radius 3 is 2.60 bits per heavy atom. The van der Waals surface area contributed by atoms with Crippen LogP contribution in [-0.4, -0.2) is 47.7 Å². The van der Waals surface area contributed by atoms with Gasteiger partial charge < -0.3 is 19.1 Å². The Bertz CT molecular complexity index is 2110. The number of thiophene rings is 1. The van der Waals surface area contributed by atoms with Gasteiger partial charge in [-0.05, 0) is 65.3 Å². The highest BCUT2D eigenvalue weighted by Gasteiger charge is 2.55. The fourth-order valence-electron chi connectivity index (χ4n) is 8.68. The van der Waals surface area contributed by atoms with Gasteiger partial charge in [-0.25, -0.2) is 18.0 Å². The first-order chi connectivity index (χ1) is 23.2. The third-order valence-corrected chi connectivity index (χ3v) is 11.6. The molecule has 2 aromatic heterocycles. The van der Waals surface area contributed by atoms with Gasteiger partial charge in [-0.1, -0.05) is 30.3 Å². The molecule has 2 saturated heterocycles.